The molecule has 0 aliphatic carbocycles. The summed E-state index contributed by atoms with van der Waals surface area (Å²) in [5.41, 5.74) is 2.15. The standard InChI is InChI=1S/C23H20N4O5S/c1-13-11-14(2)27(12-17(28)24-16-9-10-33-19(16)23(30)31-3)22(29)18(13)21-25-20(26-32-21)15-7-5-4-6-8-15/h4-11H,12H2,1-3H3,(H,24,28). The average Bonchev–Trinajstić information content (AvgIpc) is 3.47. The normalized spacial score (nSPS) is 10.8. The number of nitrogens with zero attached hydrogens (tertiary/aromatic N) is 3. The van der Waals surface area contributed by atoms with Gasteiger partial charge >= 0.3 is 5.97 Å². The van der Waals surface area contributed by atoms with Crippen LogP contribution >= 0.6 is 11.3 Å². The van der Waals surface area contributed by atoms with Crippen LogP contribution in [0.3, 0.4) is 0 Å². The van der Waals surface area contributed by atoms with E-state index in [-0.39, 0.29) is 22.9 Å². The summed E-state index contributed by atoms with van der Waals surface area (Å²) in [7, 11) is 1.27. The summed E-state index contributed by atoms with van der Waals surface area (Å²) in [5.74, 6) is -0.565. The smallest absolute Gasteiger partial charge is 0.350 e. The molecule has 0 fully saturated rings. The number of rotatable bonds is 6. The van der Waals surface area contributed by atoms with Gasteiger partial charge in [-0.1, -0.05) is 35.5 Å². The van der Waals surface area contributed by atoms with Crippen molar-refractivity contribution in [2.75, 3.05) is 12.4 Å². The van der Waals surface area contributed by atoms with Crippen LogP contribution < -0.4 is 10.9 Å². The van der Waals surface area contributed by atoms with Crippen LogP contribution in [0.1, 0.15) is 20.9 Å². The van der Waals surface area contributed by atoms with Crippen LogP contribution in [0.25, 0.3) is 22.8 Å². The predicted octanol–water partition coefficient (Wildman–Crippen LogP) is 3.67. The van der Waals surface area contributed by atoms with E-state index in [0.29, 0.717) is 22.8 Å². The van der Waals surface area contributed by atoms with Gasteiger partial charge in [-0.25, -0.2) is 4.79 Å². The lowest BCUT2D eigenvalue weighted by Gasteiger charge is -2.13. The van der Waals surface area contributed by atoms with Crippen LogP contribution in [0.15, 0.2) is 57.2 Å². The second kappa shape index (κ2) is 9.21. The number of anilines is 1. The molecule has 0 spiro atoms. The fraction of sp³-hybridized carbons (Fsp3) is 0.174. The zero-order chi connectivity index (χ0) is 23.5. The van der Waals surface area contributed by atoms with Crippen molar-refractivity contribution in [1.82, 2.24) is 14.7 Å². The molecule has 0 aliphatic rings. The van der Waals surface area contributed by atoms with E-state index in [1.54, 1.807) is 31.4 Å². The van der Waals surface area contributed by atoms with E-state index < -0.39 is 17.4 Å². The van der Waals surface area contributed by atoms with Crippen molar-refractivity contribution in [3.05, 3.63) is 74.3 Å². The van der Waals surface area contributed by atoms with Gasteiger partial charge < -0.3 is 19.1 Å². The molecule has 10 heteroatoms. The summed E-state index contributed by atoms with van der Waals surface area (Å²) in [6.07, 6.45) is 0. The van der Waals surface area contributed by atoms with Crippen molar-refractivity contribution < 1.29 is 18.8 Å². The first-order chi connectivity index (χ1) is 15.9. The second-order valence-electron chi connectivity index (χ2n) is 7.23. The summed E-state index contributed by atoms with van der Waals surface area (Å²) in [6, 6.07) is 12.6. The monoisotopic (exact) mass is 464 g/mol. The molecule has 4 aromatic rings. The van der Waals surface area contributed by atoms with Crippen molar-refractivity contribution in [2.45, 2.75) is 20.4 Å². The van der Waals surface area contributed by atoms with E-state index in [1.807, 2.05) is 30.3 Å². The number of pyridine rings is 1. The molecule has 3 aromatic heterocycles. The molecule has 1 aromatic carbocycles. The van der Waals surface area contributed by atoms with E-state index in [4.69, 9.17) is 9.26 Å². The molecule has 33 heavy (non-hydrogen) atoms. The highest BCUT2D eigenvalue weighted by Gasteiger charge is 2.21. The maximum Gasteiger partial charge on any atom is 0.350 e. The number of benzene rings is 1. The molecular weight excluding hydrogens is 444 g/mol. The number of aryl methyl sites for hydroxylation is 2. The van der Waals surface area contributed by atoms with Crippen molar-refractivity contribution in [3.63, 3.8) is 0 Å². The third-order valence-corrected chi connectivity index (χ3v) is 5.88. The maximum atomic E-state index is 13.3. The highest BCUT2D eigenvalue weighted by molar-refractivity contribution is 7.12. The number of hydrogen-bond acceptors (Lipinski definition) is 8. The van der Waals surface area contributed by atoms with Crippen LogP contribution in [-0.2, 0) is 16.1 Å². The lowest BCUT2D eigenvalue weighted by molar-refractivity contribution is -0.116. The quantitative estimate of drug-likeness (QED) is 0.433. The number of ether oxygens (including phenoxy) is 1. The van der Waals surface area contributed by atoms with Gasteiger partial charge in [0, 0.05) is 11.3 Å². The summed E-state index contributed by atoms with van der Waals surface area (Å²) >= 11 is 1.15. The summed E-state index contributed by atoms with van der Waals surface area (Å²) in [5, 5.41) is 8.32. The molecule has 3 heterocycles. The number of amides is 1. The number of esters is 1. The Hall–Kier alpha value is -4.05. The molecule has 0 atom stereocenters. The number of hydrogen-bond donors (Lipinski definition) is 1. The lowest BCUT2D eigenvalue weighted by atomic mass is 10.1. The first-order valence-corrected chi connectivity index (χ1v) is 10.8. The number of methoxy groups -OCH3 is 1. The molecule has 4 rings (SSSR count). The number of carbonyl (C=O) groups is 2. The van der Waals surface area contributed by atoms with Crippen molar-refractivity contribution in [3.8, 4) is 22.8 Å². The van der Waals surface area contributed by atoms with Gasteiger partial charge in [0.1, 0.15) is 17.0 Å². The number of thiophene rings is 1. The Morgan fingerprint density at radius 1 is 1.18 bits per heavy atom. The van der Waals surface area contributed by atoms with Gasteiger partial charge in [-0.3, -0.25) is 9.59 Å². The second-order valence-corrected chi connectivity index (χ2v) is 8.14. The van der Waals surface area contributed by atoms with E-state index in [9.17, 15) is 14.4 Å². The van der Waals surface area contributed by atoms with Crippen molar-refractivity contribution in [2.24, 2.45) is 0 Å². The highest BCUT2D eigenvalue weighted by atomic mass is 32.1. The Bertz CT molecular complexity index is 1390. The SMILES string of the molecule is COC(=O)c1sccc1NC(=O)Cn1c(C)cc(C)c(-c2nc(-c3ccccc3)no2)c1=O. The fourth-order valence-electron chi connectivity index (χ4n) is 3.41. The predicted molar refractivity (Wildman–Crippen MR) is 123 cm³/mol. The average molecular weight is 465 g/mol. The molecule has 0 radical (unpaired) electrons. The Balaban J connectivity index is 1.63. The minimum absolute atomic E-state index is 0.0799. The topological polar surface area (TPSA) is 116 Å². The summed E-state index contributed by atoms with van der Waals surface area (Å²) in [4.78, 5) is 42.5. The van der Waals surface area contributed by atoms with Crippen LogP contribution in [-0.4, -0.2) is 33.7 Å². The molecule has 0 unspecified atom stereocenters. The maximum absolute atomic E-state index is 13.3. The van der Waals surface area contributed by atoms with Gasteiger partial charge in [-0.05, 0) is 36.9 Å². The van der Waals surface area contributed by atoms with Gasteiger partial charge in [0.2, 0.25) is 11.7 Å². The summed E-state index contributed by atoms with van der Waals surface area (Å²) < 4.78 is 11.4. The minimum atomic E-state index is -0.545. The number of aromatic nitrogens is 3. The third-order valence-electron chi connectivity index (χ3n) is 4.99. The summed E-state index contributed by atoms with van der Waals surface area (Å²) in [6.45, 7) is 3.25. The Morgan fingerprint density at radius 2 is 1.94 bits per heavy atom. The number of nitrogens with one attached hydrogen (secondary N) is 1. The van der Waals surface area contributed by atoms with Gasteiger partial charge in [-0.2, -0.15) is 4.98 Å². The van der Waals surface area contributed by atoms with Crippen LogP contribution in [0.2, 0.25) is 0 Å². The van der Waals surface area contributed by atoms with E-state index in [2.05, 4.69) is 15.5 Å². The van der Waals surface area contributed by atoms with Crippen molar-refractivity contribution in [1.29, 1.82) is 0 Å². The third kappa shape index (κ3) is 4.46. The highest BCUT2D eigenvalue weighted by Crippen LogP contribution is 2.24. The minimum Gasteiger partial charge on any atom is -0.465 e. The zero-order valence-corrected chi connectivity index (χ0v) is 18.9. The van der Waals surface area contributed by atoms with Gasteiger partial charge in [0.05, 0.1) is 12.8 Å². The van der Waals surface area contributed by atoms with Crippen LogP contribution in [0, 0.1) is 13.8 Å². The Kier molecular flexibility index (Phi) is 6.18. The van der Waals surface area contributed by atoms with Gasteiger partial charge in [-0.15, -0.1) is 11.3 Å². The van der Waals surface area contributed by atoms with Crippen LogP contribution in [0.4, 0.5) is 5.69 Å². The number of carbonyl (C=O) groups excluding carboxylic acids is 2. The molecule has 0 bridgehead atoms. The molecule has 0 saturated carbocycles. The molecule has 0 aliphatic heterocycles. The van der Waals surface area contributed by atoms with E-state index in [1.165, 1.54) is 11.7 Å². The molecule has 168 valence electrons. The first-order valence-electron chi connectivity index (χ1n) is 9.95. The first kappa shape index (κ1) is 22.2. The van der Waals surface area contributed by atoms with Crippen LogP contribution in [0.5, 0.6) is 0 Å². The fourth-order valence-corrected chi connectivity index (χ4v) is 4.17. The van der Waals surface area contributed by atoms with Gasteiger partial charge in [0.25, 0.3) is 11.4 Å². The molecule has 1 amide bonds. The zero-order valence-electron chi connectivity index (χ0n) is 18.1. The molecule has 9 nitrogen and oxygen atoms in total. The molecule has 1 N–H and O–H groups in total. The van der Waals surface area contributed by atoms with Gasteiger partial charge in [0.15, 0.2) is 0 Å². The van der Waals surface area contributed by atoms with E-state index >= 15 is 0 Å². The Labute approximate surface area is 192 Å². The Morgan fingerprint density at radius 3 is 2.67 bits per heavy atom. The van der Waals surface area contributed by atoms with Crippen molar-refractivity contribution >= 4 is 28.9 Å². The lowest BCUT2D eigenvalue weighted by Crippen LogP contribution is -2.31. The molecular formula is C23H20N4O5S. The molecule has 0 saturated heterocycles. The van der Waals surface area contributed by atoms with E-state index in [0.717, 1.165) is 16.9 Å². The largest absolute Gasteiger partial charge is 0.465 e.